The second-order valence-corrected chi connectivity index (χ2v) is 3.88. The van der Waals surface area contributed by atoms with Crippen molar-refractivity contribution >= 4 is 0 Å². The molecule has 16 heavy (non-hydrogen) atoms. The SMILES string of the molecule is CC#CC/C(CC)=C(CC)/C(=C/CC)CC. The van der Waals surface area contributed by atoms with Crippen LogP contribution >= 0.6 is 0 Å². The van der Waals surface area contributed by atoms with Gasteiger partial charge in [0.15, 0.2) is 0 Å². The minimum atomic E-state index is 0.942. The molecule has 0 unspecified atom stereocenters. The quantitative estimate of drug-likeness (QED) is 0.421. The van der Waals surface area contributed by atoms with E-state index in [1.165, 1.54) is 11.1 Å². The molecule has 0 aromatic rings. The maximum Gasteiger partial charge on any atom is 0.0304 e. The molecule has 0 amide bonds. The van der Waals surface area contributed by atoms with Crippen LogP contribution in [-0.4, -0.2) is 0 Å². The van der Waals surface area contributed by atoms with Crippen molar-refractivity contribution in [2.75, 3.05) is 0 Å². The third-order valence-corrected chi connectivity index (χ3v) is 2.90. The molecule has 0 nitrogen and oxygen atoms in total. The molecule has 0 heteroatoms. The van der Waals surface area contributed by atoms with Crippen molar-refractivity contribution in [2.45, 2.75) is 66.7 Å². The first-order valence-corrected chi connectivity index (χ1v) is 6.54. The zero-order valence-electron chi connectivity index (χ0n) is 11.6. The highest BCUT2D eigenvalue weighted by Gasteiger charge is 2.06. The van der Waals surface area contributed by atoms with Gasteiger partial charge in [-0.25, -0.2) is 0 Å². The largest absolute Gasteiger partial charge is 0.106 e. The highest BCUT2D eigenvalue weighted by molar-refractivity contribution is 5.36. The van der Waals surface area contributed by atoms with E-state index >= 15 is 0 Å². The van der Waals surface area contributed by atoms with Gasteiger partial charge in [0, 0.05) is 6.42 Å². The third kappa shape index (κ3) is 4.71. The van der Waals surface area contributed by atoms with Crippen LogP contribution in [-0.2, 0) is 0 Å². The molecule has 0 aliphatic heterocycles. The molecule has 0 aliphatic carbocycles. The van der Waals surface area contributed by atoms with Gasteiger partial charge in [0.05, 0.1) is 0 Å². The summed E-state index contributed by atoms with van der Waals surface area (Å²) in [6, 6.07) is 0. The average Bonchev–Trinajstić information content (AvgIpc) is 2.32. The summed E-state index contributed by atoms with van der Waals surface area (Å²) in [6.45, 7) is 10.9. The Bertz CT molecular complexity index is 305. The van der Waals surface area contributed by atoms with Crippen LogP contribution in [0.1, 0.15) is 66.7 Å². The Labute approximate surface area is 102 Å². The van der Waals surface area contributed by atoms with Crippen LogP contribution in [0.4, 0.5) is 0 Å². The number of rotatable bonds is 6. The van der Waals surface area contributed by atoms with E-state index < -0.39 is 0 Å². The van der Waals surface area contributed by atoms with Gasteiger partial charge in [0.25, 0.3) is 0 Å². The van der Waals surface area contributed by atoms with Gasteiger partial charge in [-0.1, -0.05) is 45.3 Å². The van der Waals surface area contributed by atoms with Crippen LogP contribution in [0.5, 0.6) is 0 Å². The van der Waals surface area contributed by atoms with Gasteiger partial charge in [-0.3, -0.25) is 0 Å². The van der Waals surface area contributed by atoms with Gasteiger partial charge >= 0.3 is 0 Å². The summed E-state index contributed by atoms with van der Waals surface area (Å²) >= 11 is 0. The number of allylic oxidation sites excluding steroid dienone is 4. The van der Waals surface area contributed by atoms with Gasteiger partial charge in [0.2, 0.25) is 0 Å². The lowest BCUT2D eigenvalue weighted by atomic mass is 9.92. The summed E-state index contributed by atoms with van der Waals surface area (Å²) in [7, 11) is 0. The normalized spacial score (nSPS) is 12.9. The summed E-state index contributed by atoms with van der Waals surface area (Å²) < 4.78 is 0. The Balaban J connectivity index is 5.18. The monoisotopic (exact) mass is 218 g/mol. The molecule has 0 rings (SSSR count). The number of hydrogen-bond acceptors (Lipinski definition) is 0. The fourth-order valence-corrected chi connectivity index (χ4v) is 2.07. The summed E-state index contributed by atoms with van der Waals surface area (Å²) in [5.41, 5.74) is 4.60. The Morgan fingerprint density at radius 1 is 1.00 bits per heavy atom. The van der Waals surface area contributed by atoms with Crippen LogP contribution in [0.25, 0.3) is 0 Å². The van der Waals surface area contributed by atoms with Crippen molar-refractivity contribution in [2.24, 2.45) is 0 Å². The first-order valence-electron chi connectivity index (χ1n) is 6.54. The smallest absolute Gasteiger partial charge is 0.0304 e. The van der Waals surface area contributed by atoms with E-state index in [1.54, 1.807) is 5.57 Å². The Morgan fingerprint density at radius 2 is 1.69 bits per heavy atom. The fraction of sp³-hybridized carbons (Fsp3) is 0.625. The average molecular weight is 218 g/mol. The highest BCUT2D eigenvalue weighted by atomic mass is 14.1. The predicted octanol–water partition coefficient (Wildman–Crippen LogP) is 5.26. The standard InChI is InChI=1S/C16H26/c1-6-11-13-15(9-4)16(10-5)14(8-3)12-7-2/h12H,7-10,13H2,1-5H3/b14-12+,16-15+. The maximum absolute atomic E-state index is 3.20. The van der Waals surface area contributed by atoms with Gasteiger partial charge in [-0.2, -0.15) is 0 Å². The van der Waals surface area contributed by atoms with E-state index in [4.69, 9.17) is 0 Å². The second-order valence-electron chi connectivity index (χ2n) is 3.88. The summed E-state index contributed by atoms with van der Waals surface area (Å²) in [6.07, 6.45) is 7.83. The maximum atomic E-state index is 3.20. The minimum Gasteiger partial charge on any atom is -0.106 e. The zero-order chi connectivity index (χ0) is 12.4. The van der Waals surface area contributed by atoms with E-state index in [9.17, 15) is 0 Å². The first-order chi connectivity index (χ1) is 7.74. The van der Waals surface area contributed by atoms with Gasteiger partial charge in [-0.05, 0) is 43.8 Å². The summed E-state index contributed by atoms with van der Waals surface area (Å²) in [5, 5.41) is 0. The van der Waals surface area contributed by atoms with E-state index in [-0.39, 0.29) is 0 Å². The predicted molar refractivity (Wildman–Crippen MR) is 74.3 cm³/mol. The molecule has 0 aromatic carbocycles. The van der Waals surface area contributed by atoms with Gasteiger partial charge in [-0.15, -0.1) is 5.92 Å². The van der Waals surface area contributed by atoms with E-state index in [0.29, 0.717) is 0 Å². The molecule has 0 saturated heterocycles. The highest BCUT2D eigenvalue weighted by Crippen LogP contribution is 2.25. The van der Waals surface area contributed by atoms with Crippen LogP contribution in [0.15, 0.2) is 22.8 Å². The Morgan fingerprint density at radius 3 is 2.06 bits per heavy atom. The molecule has 90 valence electrons. The van der Waals surface area contributed by atoms with E-state index in [1.807, 2.05) is 6.92 Å². The molecular formula is C16H26. The van der Waals surface area contributed by atoms with Gasteiger partial charge in [0.1, 0.15) is 0 Å². The van der Waals surface area contributed by atoms with Gasteiger partial charge < -0.3 is 0 Å². The van der Waals surface area contributed by atoms with E-state index in [2.05, 4.69) is 45.6 Å². The van der Waals surface area contributed by atoms with Crippen molar-refractivity contribution in [1.82, 2.24) is 0 Å². The molecule has 0 spiro atoms. The minimum absolute atomic E-state index is 0.942. The molecular weight excluding hydrogens is 192 g/mol. The van der Waals surface area contributed by atoms with Crippen LogP contribution in [0.3, 0.4) is 0 Å². The second kappa shape index (κ2) is 9.28. The summed E-state index contributed by atoms with van der Waals surface area (Å²) in [4.78, 5) is 0. The van der Waals surface area contributed by atoms with Crippen molar-refractivity contribution in [1.29, 1.82) is 0 Å². The zero-order valence-corrected chi connectivity index (χ0v) is 11.6. The van der Waals surface area contributed by atoms with Crippen LogP contribution < -0.4 is 0 Å². The molecule has 0 N–H and O–H groups in total. The third-order valence-electron chi connectivity index (χ3n) is 2.90. The molecule has 0 bridgehead atoms. The molecule has 0 saturated carbocycles. The molecule has 0 fully saturated rings. The molecule has 0 aliphatic rings. The fourth-order valence-electron chi connectivity index (χ4n) is 2.07. The summed E-state index contributed by atoms with van der Waals surface area (Å²) in [5.74, 6) is 6.20. The van der Waals surface area contributed by atoms with Crippen LogP contribution in [0.2, 0.25) is 0 Å². The Kier molecular flexibility index (Phi) is 8.72. The lowest BCUT2D eigenvalue weighted by Gasteiger charge is -2.14. The van der Waals surface area contributed by atoms with Crippen LogP contribution in [0, 0.1) is 11.8 Å². The molecule has 0 heterocycles. The van der Waals surface area contributed by atoms with Crippen molar-refractivity contribution in [3.8, 4) is 11.8 Å². The Hall–Kier alpha value is -0.960. The number of hydrogen-bond donors (Lipinski definition) is 0. The first kappa shape index (κ1) is 15.0. The topological polar surface area (TPSA) is 0 Å². The van der Waals surface area contributed by atoms with Crippen molar-refractivity contribution in [3.63, 3.8) is 0 Å². The lowest BCUT2D eigenvalue weighted by Crippen LogP contribution is -1.95. The lowest BCUT2D eigenvalue weighted by molar-refractivity contribution is 0.925. The van der Waals surface area contributed by atoms with Crippen molar-refractivity contribution in [3.05, 3.63) is 22.8 Å². The van der Waals surface area contributed by atoms with Crippen molar-refractivity contribution < 1.29 is 0 Å². The molecule has 0 aromatic heterocycles. The molecule has 0 atom stereocenters. The molecule has 0 radical (unpaired) electrons. The van der Waals surface area contributed by atoms with E-state index in [0.717, 1.165) is 32.1 Å².